The molecular weight excluding hydrogens is 409 g/mol. The number of hydrogen-bond donors (Lipinski definition) is 2. The highest BCUT2D eigenvalue weighted by molar-refractivity contribution is 14.0. The van der Waals surface area contributed by atoms with Crippen LogP contribution in [0.25, 0.3) is 0 Å². The molecule has 2 rings (SSSR count). The Labute approximate surface area is 156 Å². The standard InChI is InChI=1S/C15H29N5O2.HI/c1-4-14(21)20-6-5-12(10-20)18-15(16-2)17-9-13-11-19(3)7-8-22-13;/h12-13H,4-11H2,1-3H3,(H2,16,17,18);1H. The van der Waals surface area contributed by atoms with Gasteiger partial charge >= 0.3 is 0 Å². The van der Waals surface area contributed by atoms with Crippen molar-refractivity contribution >= 4 is 35.8 Å². The lowest BCUT2D eigenvalue weighted by Gasteiger charge is -2.30. The highest BCUT2D eigenvalue weighted by Crippen LogP contribution is 2.10. The SMILES string of the molecule is CCC(=O)N1CCC(NC(=NC)NCC2CN(C)CCO2)C1.I. The molecule has 7 nitrogen and oxygen atoms in total. The minimum atomic E-state index is 0. The minimum Gasteiger partial charge on any atom is -0.374 e. The summed E-state index contributed by atoms with van der Waals surface area (Å²) in [6.45, 7) is 6.96. The van der Waals surface area contributed by atoms with Gasteiger partial charge in [0.15, 0.2) is 5.96 Å². The number of rotatable bonds is 4. The average Bonchev–Trinajstić information content (AvgIpc) is 2.99. The molecule has 0 saturated carbocycles. The number of carbonyl (C=O) groups is 1. The van der Waals surface area contributed by atoms with Gasteiger partial charge in [0.1, 0.15) is 0 Å². The number of likely N-dealkylation sites (tertiary alicyclic amines) is 1. The maximum Gasteiger partial charge on any atom is 0.222 e. The molecule has 0 bridgehead atoms. The zero-order valence-corrected chi connectivity index (χ0v) is 16.7. The third-order valence-corrected chi connectivity index (χ3v) is 4.25. The van der Waals surface area contributed by atoms with E-state index in [2.05, 4.69) is 27.6 Å². The van der Waals surface area contributed by atoms with E-state index in [1.165, 1.54) is 0 Å². The van der Waals surface area contributed by atoms with Crippen molar-refractivity contribution in [2.45, 2.75) is 31.9 Å². The number of nitrogens with zero attached hydrogens (tertiary/aromatic N) is 3. The number of amides is 1. The third-order valence-electron chi connectivity index (χ3n) is 4.25. The molecule has 2 unspecified atom stereocenters. The molecule has 0 aromatic carbocycles. The first kappa shape index (κ1) is 20.4. The van der Waals surface area contributed by atoms with Crippen molar-refractivity contribution in [1.29, 1.82) is 0 Å². The molecule has 134 valence electrons. The van der Waals surface area contributed by atoms with E-state index in [1.54, 1.807) is 7.05 Å². The van der Waals surface area contributed by atoms with Crippen molar-refractivity contribution in [2.75, 3.05) is 53.4 Å². The first-order valence-corrected chi connectivity index (χ1v) is 8.17. The highest BCUT2D eigenvalue weighted by Gasteiger charge is 2.26. The number of morpholine rings is 1. The number of carbonyl (C=O) groups excluding carboxylic acids is 1. The quantitative estimate of drug-likeness (QED) is 0.370. The Kier molecular flexibility index (Phi) is 9.15. The number of nitrogens with one attached hydrogen (secondary N) is 2. The summed E-state index contributed by atoms with van der Waals surface area (Å²) in [4.78, 5) is 20.2. The van der Waals surface area contributed by atoms with Gasteiger partial charge < -0.3 is 25.2 Å². The van der Waals surface area contributed by atoms with Crippen molar-refractivity contribution < 1.29 is 9.53 Å². The van der Waals surface area contributed by atoms with Crippen LogP contribution >= 0.6 is 24.0 Å². The van der Waals surface area contributed by atoms with Crippen LogP contribution < -0.4 is 10.6 Å². The molecule has 0 aliphatic carbocycles. The number of aliphatic imine (C=N–C) groups is 1. The average molecular weight is 439 g/mol. The van der Waals surface area contributed by atoms with Gasteiger partial charge in [-0.1, -0.05) is 6.92 Å². The Bertz CT molecular complexity index is 407. The van der Waals surface area contributed by atoms with E-state index in [4.69, 9.17) is 4.74 Å². The number of likely N-dealkylation sites (N-methyl/N-ethyl adjacent to an activating group) is 1. The lowest BCUT2D eigenvalue weighted by atomic mass is 10.2. The maximum atomic E-state index is 11.7. The summed E-state index contributed by atoms with van der Waals surface area (Å²) in [7, 11) is 3.88. The van der Waals surface area contributed by atoms with E-state index in [-0.39, 0.29) is 42.0 Å². The zero-order chi connectivity index (χ0) is 15.9. The number of halogens is 1. The second-order valence-corrected chi connectivity index (χ2v) is 6.03. The molecule has 2 N–H and O–H groups in total. The monoisotopic (exact) mass is 439 g/mol. The molecule has 1 amide bonds. The van der Waals surface area contributed by atoms with Crippen LogP contribution in [0.4, 0.5) is 0 Å². The first-order valence-electron chi connectivity index (χ1n) is 8.17. The largest absolute Gasteiger partial charge is 0.374 e. The molecule has 2 aliphatic rings. The van der Waals surface area contributed by atoms with Crippen molar-refractivity contribution in [3.8, 4) is 0 Å². The Morgan fingerprint density at radius 3 is 2.78 bits per heavy atom. The van der Waals surface area contributed by atoms with Crippen molar-refractivity contribution in [3.63, 3.8) is 0 Å². The van der Waals surface area contributed by atoms with Crippen LogP contribution in [0.1, 0.15) is 19.8 Å². The Hall–Kier alpha value is -0.610. The van der Waals surface area contributed by atoms with Gasteiger partial charge in [-0.15, -0.1) is 24.0 Å². The van der Waals surface area contributed by atoms with Crippen LogP contribution in [-0.2, 0) is 9.53 Å². The number of hydrogen-bond acceptors (Lipinski definition) is 4. The summed E-state index contributed by atoms with van der Waals surface area (Å²) in [6, 6.07) is 0.275. The van der Waals surface area contributed by atoms with Gasteiger partial charge in [-0.05, 0) is 13.5 Å². The van der Waals surface area contributed by atoms with Crippen LogP contribution in [0.3, 0.4) is 0 Å². The van der Waals surface area contributed by atoms with E-state index in [9.17, 15) is 4.79 Å². The molecule has 0 radical (unpaired) electrons. The summed E-state index contributed by atoms with van der Waals surface area (Å²) < 4.78 is 5.74. The normalized spacial score (nSPS) is 25.9. The molecule has 2 saturated heterocycles. The van der Waals surface area contributed by atoms with Crippen LogP contribution in [0, 0.1) is 0 Å². The predicted molar refractivity (Wildman–Crippen MR) is 102 cm³/mol. The van der Waals surface area contributed by atoms with Gasteiger partial charge in [-0.3, -0.25) is 9.79 Å². The fourth-order valence-corrected chi connectivity index (χ4v) is 2.92. The van der Waals surface area contributed by atoms with Gasteiger partial charge in [0.2, 0.25) is 5.91 Å². The Balaban J connectivity index is 0.00000264. The highest BCUT2D eigenvalue weighted by atomic mass is 127. The lowest BCUT2D eigenvalue weighted by Crippen LogP contribution is -2.50. The molecule has 8 heteroatoms. The van der Waals surface area contributed by atoms with Gasteiger partial charge in [-0.2, -0.15) is 0 Å². The van der Waals surface area contributed by atoms with Crippen LogP contribution in [0.15, 0.2) is 4.99 Å². The second kappa shape index (κ2) is 10.3. The molecule has 2 atom stereocenters. The molecule has 23 heavy (non-hydrogen) atoms. The molecule has 0 aromatic heterocycles. The first-order chi connectivity index (χ1) is 10.6. The summed E-state index contributed by atoms with van der Waals surface area (Å²) in [6.07, 6.45) is 1.74. The van der Waals surface area contributed by atoms with Crippen molar-refractivity contribution in [2.24, 2.45) is 4.99 Å². The molecule has 2 heterocycles. The fraction of sp³-hybridized carbons (Fsp3) is 0.867. The van der Waals surface area contributed by atoms with Gasteiger partial charge in [-0.25, -0.2) is 0 Å². The van der Waals surface area contributed by atoms with Gasteiger partial charge in [0.05, 0.1) is 12.7 Å². The van der Waals surface area contributed by atoms with Crippen LogP contribution in [0.5, 0.6) is 0 Å². The smallest absolute Gasteiger partial charge is 0.222 e. The van der Waals surface area contributed by atoms with E-state index in [0.29, 0.717) is 6.42 Å². The second-order valence-electron chi connectivity index (χ2n) is 6.03. The maximum absolute atomic E-state index is 11.7. The topological polar surface area (TPSA) is 69.2 Å². The van der Waals surface area contributed by atoms with Crippen molar-refractivity contribution in [3.05, 3.63) is 0 Å². The van der Waals surface area contributed by atoms with E-state index in [1.807, 2.05) is 11.8 Å². The van der Waals surface area contributed by atoms with E-state index in [0.717, 1.165) is 51.7 Å². The van der Waals surface area contributed by atoms with Gasteiger partial charge in [0.25, 0.3) is 0 Å². The molecule has 0 aromatic rings. The Morgan fingerprint density at radius 2 is 2.13 bits per heavy atom. The van der Waals surface area contributed by atoms with E-state index >= 15 is 0 Å². The van der Waals surface area contributed by atoms with Crippen molar-refractivity contribution in [1.82, 2.24) is 20.4 Å². The summed E-state index contributed by atoms with van der Waals surface area (Å²) in [5, 5.41) is 6.73. The number of guanidine groups is 1. The van der Waals surface area contributed by atoms with Crippen LogP contribution in [-0.4, -0.2) is 87.2 Å². The predicted octanol–water partition coefficient (Wildman–Crippen LogP) is 0.111. The summed E-state index contributed by atoms with van der Waals surface area (Å²) >= 11 is 0. The molecule has 2 fully saturated rings. The molecule has 2 aliphatic heterocycles. The van der Waals surface area contributed by atoms with Crippen LogP contribution in [0.2, 0.25) is 0 Å². The molecular formula is C15H30IN5O2. The number of ether oxygens (including phenoxy) is 1. The van der Waals surface area contributed by atoms with E-state index < -0.39 is 0 Å². The summed E-state index contributed by atoms with van der Waals surface area (Å²) in [5.74, 6) is 1.01. The van der Waals surface area contributed by atoms with Gasteiger partial charge in [0, 0.05) is 52.2 Å². The Morgan fingerprint density at radius 1 is 1.35 bits per heavy atom. The zero-order valence-electron chi connectivity index (χ0n) is 14.4. The third kappa shape index (κ3) is 6.42. The molecule has 0 spiro atoms. The fourth-order valence-electron chi connectivity index (χ4n) is 2.92. The lowest BCUT2D eigenvalue weighted by molar-refractivity contribution is -0.129. The summed E-state index contributed by atoms with van der Waals surface area (Å²) in [5.41, 5.74) is 0. The minimum absolute atomic E-state index is 0.